The highest BCUT2D eigenvalue weighted by molar-refractivity contribution is 7.09. The van der Waals surface area contributed by atoms with E-state index in [1.165, 1.54) is 12.5 Å². The second kappa shape index (κ2) is 5.51. The van der Waals surface area contributed by atoms with Gasteiger partial charge >= 0.3 is 5.97 Å². The van der Waals surface area contributed by atoms with Crippen LogP contribution in [0.25, 0.3) is 0 Å². The maximum absolute atomic E-state index is 10.9. The Kier molecular flexibility index (Phi) is 3.79. The molecule has 0 aromatic carbocycles. The van der Waals surface area contributed by atoms with Crippen molar-refractivity contribution in [1.82, 2.24) is 9.97 Å². The third kappa shape index (κ3) is 3.08. The molecule has 0 amide bonds. The van der Waals surface area contributed by atoms with Crippen LogP contribution in [0.5, 0.6) is 0 Å². The zero-order valence-corrected chi connectivity index (χ0v) is 9.68. The summed E-state index contributed by atoms with van der Waals surface area (Å²) in [5, 5.41) is 10.9. The molecule has 0 bridgehead atoms. The van der Waals surface area contributed by atoms with Crippen LogP contribution in [0.3, 0.4) is 0 Å². The van der Waals surface area contributed by atoms with E-state index in [2.05, 4.69) is 9.97 Å². The fraction of sp³-hybridized carbons (Fsp3) is 0.182. The maximum atomic E-state index is 10.9. The largest absolute Gasteiger partial charge is 0.478 e. The van der Waals surface area contributed by atoms with Crippen molar-refractivity contribution in [2.45, 2.75) is 13.2 Å². The van der Waals surface area contributed by atoms with E-state index >= 15 is 0 Å². The third-order valence-electron chi connectivity index (χ3n) is 2.09. The first-order valence-corrected chi connectivity index (χ1v) is 5.77. The zero-order valence-electron chi connectivity index (χ0n) is 8.87. The predicted octanol–water partition coefficient (Wildman–Crippen LogP) is 1.95. The van der Waals surface area contributed by atoms with Gasteiger partial charge in [-0.1, -0.05) is 6.07 Å². The first-order valence-electron chi connectivity index (χ1n) is 4.89. The monoisotopic (exact) mass is 250 g/mol. The van der Waals surface area contributed by atoms with Crippen molar-refractivity contribution < 1.29 is 14.6 Å². The Morgan fingerprint density at radius 3 is 3.06 bits per heavy atom. The molecule has 17 heavy (non-hydrogen) atoms. The summed E-state index contributed by atoms with van der Waals surface area (Å²) in [7, 11) is 0. The normalized spacial score (nSPS) is 10.4. The van der Waals surface area contributed by atoms with E-state index in [1.807, 2.05) is 17.5 Å². The Bertz CT molecular complexity index is 499. The molecule has 0 aliphatic heterocycles. The van der Waals surface area contributed by atoms with Crippen LogP contribution < -0.4 is 0 Å². The Hall–Kier alpha value is -1.79. The highest BCUT2D eigenvalue weighted by atomic mass is 32.1. The standard InChI is InChI=1S/C11H10N2O3S/c14-11(15)9-4-12-7-13-10(9)6-16-5-8-2-1-3-17-8/h1-4,7H,5-6H2,(H,14,15). The van der Waals surface area contributed by atoms with Crippen molar-refractivity contribution in [3.05, 3.63) is 46.2 Å². The molecule has 0 saturated carbocycles. The molecule has 0 fully saturated rings. The smallest absolute Gasteiger partial charge is 0.339 e. The number of carboxylic acid groups (broad SMARTS) is 1. The molecule has 0 atom stereocenters. The summed E-state index contributed by atoms with van der Waals surface area (Å²) in [4.78, 5) is 19.6. The first-order chi connectivity index (χ1) is 8.27. The molecular weight excluding hydrogens is 240 g/mol. The maximum Gasteiger partial charge on any atom is 0.339 e. The van der Waals surface area contributed by atoms with E-state index < -0.39 is 5.97 Å². The average molecular weight is 250 g/mol. The van der Waals surface area contributed by atoms with E-state index in [9.17, 15) is 4.79 Å². The minimum absolute atomic E-state index is 0.0821. The lowest BCUT2D eigenvalue weighted by Gasteiger charge is -2.04. The van der Waals surface area contributed by atoms with Gasteiger partial charge in [-0.05, 0) is 11.4 Å². The third-order valence-corrected chi connectivity index (χ3v) is 2.94. The van der Waals surface area contributed by atoms with Crippen molar-refractivity contribution >= 4 is 17.3 Å². The molecule has 5 nitrogen and oxygen atoms in total. The highest BCUT2D eigenvalue weighted by Crippen LogP contribution is 2.12. The van der Waals surface area contributed by atoms with Crippen LogP contribution in [0.4, 0.5) is 0 Å². The minimum Gasteiger partial charge on any atom is -0.478 e. The van der Waals surface area contributed by atoms with Crippen LogP contribution in [-0.2, 0) is 18.0 Å². The SMILES string of the molecule is O=C(O)c1cncnc1COCc1cccs1. The second-order valence-electron chi connectivity index (χ2n) is 3.26. The lowest BCUT2D eigenvalue weighted by molar-refractivity contribution is 0.0681. The lowest BCUT2D eigenvalue weighted by atomic mass is 10.2. The van der Waals surface area contributed by atoms with Gasteiger partial charge in [0.05, 0.1) is 18.9 Å². The number of hydrogen-bond acceptors (Lipinski definition) is 5. The predicted molar refractivity (Wildman–Crippen MR) is 61.8 cm³/mol. The van der Waals surface area contributed by atoms with Gasteiger partial charge in [0, 0.05) is 11.1 Å². The van der Waals surface area contributed by atoms with Gasteiger partial charge < -0.3 is 9.84 Å². The molecule has 88 valence electrons. The van der Waals surface area contributed by atoms with E-state index in [-0.39, 0.29) is 12.2 Å². The number of aromatic nitrogens is 2. The Morgan fingerprint density at radius 2 is 2.35 bits per heavy atom. The zero-order chi connectivity index (χ0) is 12.1. The Labute approximate surface area is 102 Å². The summed E-state index contributed by atoms with van der Waals surface area (Å²) in [6, 6.07) is 3.90. The molecule has 2 aromatic heterocycles. The van der Waals surface area contributed by atoms with Crippen LogP contribution >= 0.6 is 11.3 Å². The van der Waals surface area contributed by atoms with E-state index in [0.717, 1.165) is 4.88 Å². The van der Waals surface area contributed by atoms with Gasteiger partial charge in [-0.3, -0.25) is 0 Å². The summed E-state index contributed by atoms with van der Waals surface area (Å²) >= 11 is 1.59. The number of ether oxygens (including phenoxy) is 1. The van der Waals surface area contributed by atoms with Crippen LogP contribution in [-0.4, -0.2) is 21.0 Å². The van der Waals surface area contributed by atoms with E-state index in [4.69, 9.17) is 9.84 Å². The molecular formula is C11H10N2O3S. The number of nitrogens with zero attached hydrogens (tertiary/aromatic N) is 2. The summed E-state index contributed by atoms with van der Waals surface area (Å²) in [5.41, 5.74) is 0.475. The Morgan fingerprint density at radius 1 is 1.47 bits per heavy atom. The van der Waals surface area contributed by atoms with Gasteiger partial charge in [-0.2, -0.15) is 0 Å². The van der Waals surface area contributed by atoms with E-state index in [0.29, 0.717) is 12.3 Å². The van der Waals surface area contributed by atoms with Gasteiger partial charge in [-0.15, -0.1) is 11.3 Å². The van der Waals surface area contributed by atoms with Crippen LogP contribution in [0, 0.1) is 0 Å². The van der Waals surface area contributed by atoms with Crippen molar-refractivity contribution in [2.24, 2.45) is 0 Å². The summed E-state index contributed by atoms with van der Waals surface area (Å²) in [5.74, 6) is -1.04. The molecule has 0 unspecified atom stereocenters. The Balaban J connectivity index is 1.97. The summed E-state index contributed by atoms with van der Waals surface area (Å²) in [6.45, 7) is 0.628. The van der Waals surface area contributed by atoms with E-state index in [1.54, 1.807) is 11.3 Å². The average Bonchev–Trinajstić information content (AvgIpc) is 2.82. The molecule has 1 N–H and O–H groups in total. The lowest BCUT2D eigenvalue weighted by Crippen LogP contribution is -2.07. The molecule has 2 aromatic rings. The fourth-order valence-corrected chi connectivity index (χ4v) is 1.93. The van der Waals surface area contributed by atoms with Crippen molar-refractivity contribution in [1.29, 1.82) is 0 Å². The molecule has 0 spiro atoms. The first kappa shape index (κ1) is 11.7. The molecule has 0 radical (unpaired) electrons. The summed E-state index contributed by atoms with van der Waals surface area (Å²) in [6.07, 6.45) is 2.59. The topological polar surface area (TPSA) is 72.3 Å². The number of thiophene rings is 1. The minimum atomic E-state index is -1.04. The fourth-order valence-electron chi connectivity index (χ4n) is 1.29. The number of aromatic carboxylic acids is 1. The van der Waals surface area contributed by atoms with Crippen LogP contribution in [0.1, 0.15) is 20.9 Å². The van der Waals surface area contributed by atoms with Gasteiger partial charge in [0.25, 0.3) is 0 Å². The molecule has 6 heteroatoms. The van der Waals surface area contributed by atoms with Gasteiger partial charge in [-0.25, -0.2) is 14.8 Å². The molecule has 2 rings (SSSR count). The van der Waals surface area contributed by atoms with Gasteiger partial charge in [0.2, 0.25) is 0 Å². The molecule has 0 saturated heterocycles. The van der Waals surface area contributed by atoms with Gasteiger partial charge in [0.1, 0.15) is 11.9 Å². The molecule has 2 heterocycles. The highest BCUT2D eigenvalue weighted by Gasteiger charge is 2.11. The van der Waals surface area contributed by atoms with Crippen molar-refractivity contribution in [3.63, 3.8) is 0 Å². The number of carboxylic acids is 1. The molecule has 0 aliphatic rings. The van der Waals surface area contributed by atoms with Gasteiger partial charge in [0.15, 0.2) is 0 Å². The second-order valence-corrected chi connectivity index (χ2v) is 4.29. The van der Waals surface area contributed by atoms with Crippen molar-refractivity contribution in [3.8, 4) is 0 Å². The quantitative estimate of drug-likeness (QED) is 0.878. The number of rotatable bonds is 5. The van der Waals surface area contributed by atoms with Crippen LogP contribution in [0.2, 0.25) is 0 Å². The number of carbonyl (C=O) groups is 1. The number of hydrogen-bond donors (Lipinski definition) is 1. The van der Waals surface area contributed by atoms with Crippen molar-refractivity contribution in [2.75, 3.05) is 0 Å². The van der Waals surface area contributed by atoms with Crippen LogP contribution in [0.15, 0.2) is 30.0 Å². The summed E-state index contributed by atoms with van der Waals surface area (Å²) < 4.78 is 5.41. The molecule has 0 aliphatic carbocycles.